The van der Waals surface area contributed by atoms with Gasteiger partial charge in [0.15, 0.2) is 0 Å². The van der Waals surface area contributed by atoms with Gasteiger partial charge in [0, 0.05) is 23.6 Å². The third kappa shape index (κ3) is 13.6. The summed E-state index contributed by atoms with van der Waals surface area (Å²) in [6.07, 6.45) is 7.28. The maximum atomic E-state index is 14.0. The van der Waals surface area contributed by atoms with Crippen molar-refractivity contribution in [2.45, 2.75) is 166 Å². The van der Waals surface area contributed by atoms with Gasteiger partial charge in [-0.3, -0.25) is 24.2 Å². The molecule has 320 valence electrons. The molecule has 3 fully saturated rings. The predicted molar refractivity (Wildman–Crippen MR) is 222 cm³/mol. The molecule has 15 heteroatoms. The molecule has 0 spiro atoms. The van der Waals surface area contributed by atoms with E-state index in [0.29, 0.717) is 30.2 Å². The third-order valence-corrected chi connectivity index (χ3v) is 13.6. The number of nitrogens with zero attached hydrogens (tertiary/aromatic N) is 1. The van der Waals surface area contributed by atoms with Gasteiger partial charge in [-0.1, -0.05) is 92.6 Å². The van der Waals surface area contributed by atoms with Crippen LogP contribution in [-0.2, 0) is 25.7 Å². The minimum absolute atomic E-state index is 0.113. The standard InChI is InChI=1S/C42H69N7O7S/c1-7-26(6)35(40(54)44-22-28-17-13-14-20-43-28)48-39(53)33(24(2)3)38(52)37(51)29(21-27-15-9-8-10-16-27)45-41(55)34(25(4)5)47-32(50)19-12-11-18-31-36-30(23-57-31)46-42(56)49-36/h13-14,17,20,24-27,29-31,33-38,51-52H,7-12,15-16,18-19,21-23H2,1-6H3,(H,44,54)(H,45,55)(H,47,50)(H,48,53)(H2,46,49,56)/t26-,29-,30-,31-,33+,34-,35-,36-,37+,38+/m0/s1. The molecule has 0 bridgehead atoms. The van der Waals surface area contributed by atoms with Gasteiger partial charge in [-0.15, -0.1) is 0 Å². The summed E-state index contributed by atoms with van der Waals surface area (Å²) in [5.41, 5.74) is 0.677. The quantitative estimate of drug-likeness (QED) is 0.0635. The lowest BCUT2D eigenvalue weighted by Gasteiger charge is -2.37. The summed E-state index contributed by atoms with van der Waals surface area (Å²) in [6, 6.07) is 2.93. The highest BCUT2D eigenvalue weighted by Crippen LogP contribution is 2.33. The molecule has 1 aromatic heterocycles. The Kier molecular flexibility index (Phi) is 18.4. The van der Waals surface area contributed by atoms with Crippen LogP contribution in [0.15, 0.2) is 24.4 Å². The van der Waals surface area contributed by atoms with Gasteiger partial charge in [-0.25, -0.2) is 4.79 Å². The number of carbonyl (C=O) groups is 5. The van der Waals surface area contributed by atoms with E-state index in [2.05, 4.69) is 36.9 Å². The molecule has 2 aliphatic heterocycles. The highest BCUT2D eigenvalue weighted by atomic mass is 32.2. The molecular formula is C42H69N7O7S. The maximum absolute atomic E-state index is 14.0. The first kappa shape index (κ1) is 46.3. The van der Waals surface area contributed by atoms with Crippen LogP contribution in [0.1, 0.15) is 118 Å². The third-order valence-electron chi connectivity index (χ3n) is 12.1. The van der Waals surface area contributed by atoms with Crippen LogP contribution in [0.25, 0.3) is 0 Å². The van der Waals surface area contributed by atoms with Crippen LogP contribution < -0.4 is 31.9 Å². The number of rotatable bonds is 22. The van der Waals surface area contributed by atoms with E-state index in [1.165, 1.54) is 0 Å². The van der Waals surface area contributed by atoms with Crippen molar-refractivity contribution in [1.82, 2.24) is 36.9 Å². The zero-order valence-corrected chi connectivity index (χ0v) is 35.6. The molecule has 1 saturated carbocycles. The molecule has 0 unspecified atom stereocenters. The Bertz CT molecular complexity index is 1460. The van der Waals surface area contributed by atoms with E-state index >= 15 is 0 Å². The van der Waals surface area contributed by atoms with Crippen LogP contribution in [0.4, 0.5) is 4.79 Å². The number of amides is 6. The minimum Gasteiger partial charge on any atom is -0.390 e. The number of urea groups is 1. The fourth-order valence-electron chi connectivity index (χ4n) is 8.44. The molecule has 0 aromatic carbocycles. The number of aliphatic hydroxyl groups excluding tert-OH is 2. The fraction of sp³-hybridized carbons (Fsp3) is 0.762. The number of nitrogens with one attached hydrogen (secondary N) is 6. The summed E-state index contributed by atoms with van der Waals surface area (Å²) in [5, 5.41) is 41.7. The summed E-state index contributed by atoms with van der Waals surface area (Å²) in [7, 11) is 0. The predicted octanol–water partition coefficient (Wildman–Crippen LogP) is 3.54. The average molecular weight is 816 g/mol. The molecule has 1 aliphatic carbocycles. The molecule has 14 nitrogen and oxygen atoms in total. The van der Waals surface area contributed by atoms with Crippen LogP contribution in [0.2, 0.25) is 0 Å². The molecule has 2 saturated heterocycles. The van der Waals surface area contributed by atoms with Crippen LogP contribution in [0.3, 0.4) is 0 Å². The smallest absolute Gasteiger partial charge is 0.315 e. The van der Waals surface area contributed by atoms with Crippen LogP contribution in [-0.4, -0.2) is 98.3 Å². The van der Waals surface area contributed by atoms with E-state index in [-0.39, 0.29) is 60.6 Å². The number of unbranched alkanes of at least 4 members (excludes halogenated alkanes) is 1. The van der Waals surface area contributed by atoms with Crippen molar-refractivity contribution in [2.24, 2.45) is 29.6 Å². The zero-order valence-electron chi connectivity index (χ0n) is 34.8. The number of aromatic nitrogens is 1. The number of fused-ring (bicyclic) bond motifs is 1. The Morgan fingerprint density at radius 3 is 2.26 bits per heavy atom. The van der Waals surface area contributed by atoms with E-state index in [1.807, 2.05) is 45.5 Å². The lowest BCUT2D eigenvalue weighted by Crippen LogP contribution is -2.59. The van der Waals surface area contributed by atoms with E-state index in [4.69, 9.17) is 0 Å². The van der Waals surface area contributed by atoms with Gasteiger partial charge in [0.1, 0.15) is 18.2 Å². The molecule has 3 heterocycles. The molecule has 4 rings (SSSR count). The van der Waals surface area contributed by atoms with Gasteiger partial charge in [0.2, 0.25) is 23.6 Å². The monoisotopic (exact) mass is 815 g/mol. The Balaban J connectivity index is 1.40. The normalized spacial score (nSPS) is 23.3. The summed E-state index contributed by atoms with van der Waals surface area (Å²) in [5.74, 6) is -2.50. The molecule has 6 amide bonds. The second-order valence-electron chi connectivity index (χ2n) is 17.2. The van der Waals surface area contributed by atoms with E-state index in [9.17, 15) is 34.2 Å². The molecule has 1 aromatic rings. The van der Waals surface area contributed by atoms with Gasteiger partial charge in [0.05, 0.1) is 42.4 Å². The summed E-state index contributed by atoms with van der Waals surface area (Å²) < 4.78 is 0. The lowest BCUT2D eigenvalue weighted by atomic mass is 9.79. The molecule has 8 N–H and O–H groups in total. The van der Waals surface area contributed by atoms with Crippen molar-refractivity contribution in [2.75, 3.05) is 5.75 Å². The van der Waals surface area contributed by atoms with E-state index in [0.717, 1.165) is 50.7 Å². The van der Waals surface area contributed by atoms with E-state index < -0.39 is 54.0 Å². The topological polar surface area (TPSA) is 211 Å². The van der Waals surface area contributed by atoms with Crippen molar-refractivity contribution < 1.29 is 34.2 Å². The Labute approximate surface area is 343 Å². The highest BCUT2D eigenvalue weighted by molar-refractivity contribution is 8.00. The lowest BCUT2D eigenvalue weighted by molar-refractivity contribution is -0.141. The van der Waals surface area contributed by atoms with Crippen molar-refractivity contribution in [3.05, 3.63) is 30.1 Å². The number of carbonyl (C=O) groups excluding carboxylic acids is 5. The number of thioether (sulfide) groups is 1. The first-order valence-electron chi connectivity index (χ1n) is 21.3. The van der Waals surface area contributed by atoms with E-state index in [1.54, 1.807) is 32.2 Å². The Morgan fingerprint density at radius 1 is 0.877 bits per heavy atom. The number of aliphatic hydroxyl groups is 2. The highest BCUT2D eigenvalue weighted by Gasteiger charge is 2.43. The van der Waals surface area contributed by atoms with Crippen molar-refractivity contribution in [3.8, 4) is 0 Å². The number of pyridine rings is 1. The van der Waals surface area contributed by atoms with Gasteiger partial charge >= 0.3 is 6.03 Å². The van der Waals surface area contributed by atoms with Crippen LogP contribution >= 0.6 is 11.8 Å². The first-order valence-corrected chi connectivity index (χ1v) is 22.4. The molecule has 57 heavy (non-hydrogen) atoms. The maximum Gasteiger partial charge on any atom is 0.315 e. The molecule has 3 aliphatic rings. The first-order chi connectivity index (χ1) is 27.2. The summed E-state index contributed by atoms with van der Waals surface area (Å²) in [4.78, 5) is 70.5. The summed E-state index contributed by atoms with van der Waals surface area (Å²) >= 11 is 1.84. The van der Waals surface area contributed by atoms with Gasteiger partial charge < -0.3 is 42.1 Å². The van der Waals surface area contributed by atoms with Gasteiger partial charge in [-0.2, -0.15) is 11.8 Å². The molecular weight excluding hydrogens is 747 g/mol. The Hall–Kier alpha value is -3.43. The number of hydrogen-bond donors (Lipinski definition) is 8. The van der Waals surface area contributed by atoms with Crippen molar-refractivity contribution in [3.63, 3.8) is 0 Å². The number of hydrogen-bond acceptors (Lipinski definition) is 9. The van der Waals surface area contributed by atoms with Crippen molar-refractivity contribution in [1.29, 1.82) is 0 Å². The molecule has 10 atom stereocenters. The van der Waals surface area contributed by atoms with Crippen LogP contribution in [0.5, 0.6) is 0 Å². The minimum atomic E-state index is -1.55. The zero-order chi connectivity index (χ0) is 41.6. The van der Waals surface area contributed by atoms with Gasteiger partial charge in [0.25, 0.3) is 0 Å². The fourth-order valence-corrected chi connectivity index (χ4v) is 9.98. The Morgan fingerprint density at radius 2 is 1.61 bits per heavy atom. The molecule has 0 radical (unpaired) electrons. The SMILES string of the molecule is CC[C@H](C)[C@H](NC(=O)[C@H](C(C)C)[C@@H](O)[C@H](O)[C@H](CC1CCCCC1)NC(=O)[C@@H](NC(=O)CCCC[C@@H]1SC[C@@H]2NC(=O)N[C@@H]21)C(C)C)C(=O)NCc1ccccn1. The van der Waals surface area contributed by atoms with Crippen molar-refractivity contribution >= 4 is 41.4 Å². The van der Waals surface area contributed by atoms with Crippen LogP contribution in [0, 0.1) is 29.6 Å². The second kappa shape index (κ2) is 22.6. The van der Waals surface area contributed by atoms with Gasteiger partial charge in [-0.05, 0) is 55.1 Å². The summed E-state index contributed by atoms with van der Waals surface area (Å²) in [6.45, 7) is 11.3. The largest absolute Gasteiger partial charge is 0.390 e. The second-order valence-corrected chi connectivity index (χ2v) is 18.4. The average Bonchev–Trinajstić information content (AvgIpc) is 3.75.